The van der Waals surface area contributed by atoms with Crippen molar-refractivity contribution in [1.29, 1.82) is 0 Å². The minimum atomic E-state index is -0.453. The molecular weight excluding hydrogens is 202 g/mol. The van der Waals surface area contributed by atoms with Gasteiger partial charge >= 0.3 is 5.97 Å². The van der Waals surface area contributed by atoms with Crippen LogP contribution in [0, 0.1) is 0 Å². The highest BCUT2D eigenvalue weighted by atomic mass is 16.5. The number of benzene rings is 1. The predicted molar refractivity (Wildman–Crippen MR) is 65.4 cm³/mol. The van der Waals surface area contributed by atoms with Crippen LogP contribution in [0.25, 0.3) is 6.08 Å². The van der Waals surface area contributed by atoms with Gasteiger partial charge in [-0.3, -0.25) is 4.99 Å². The molecule has 1 rings (SSSR count). The third kappa shape index (κ3) is 4.09. The van der Waals surface area contributed by atoms with E-state index in [4.69, 9.17) is 0 Å². The molecule has 0 saturated heterocycles. The lowest BCUT2D eigenvalue weighted by Crippen LogP contribution is -2.15. The van der Waals surface area contributed by atoms with Gasteiger partial charge in [-0.2, -0.15) is 0 Å². The number of methoxy groups -OCH3 is 1. The second-order valence-electron chi connectivity index (χ2n) is 3.27. The van der Waals surface area contributed by atoms with Crippen molar-refractivity contribution in [1.82, 2.24) is 0 Å². The zero-order chi connectivity index (χ0) is 11.8. The van der Waals surface area contributed by atoms with Gasteiger partial charge in [-0.15, -0.1) is 0 Å². The van der Waals surface area contributed by atoms with Crippen LogP contribution in [0.1, 0.15) is 12.5 Å². The Morgan fingerprint density at radius 2 is 2.06 bits per heavy atom. The molecule has 0 aliphatic carbocycles. The Balaban J connectivity index is 2.48. The number of hydrogen-bond donors (Lipinski definition) is 0. The molecule has 0 aromatic heterocycles. The molecule has 0 saturated carbocycles. The number of ether oxygens (including phenoxy) is 1. The molecule has 1 atom stereocenters. The van der Waals surface area contributed by atoms with Crippen molar-refractivity contribution in [3.8, 4) is 0 Å². The number of rotatable bonds is 4. The van der Waals surface area contributed by atoms with Crippen molar-refractivity contribution in [3.63, 3.8) is 0 Å². The summed E-state index contributed by atoms with van der Waals surface area (Å²) in [4.78, 5) is 15.0. The number of allylic oxidation sites excluding steroid dienone is 1. The Hall–Kier alpha value is -1.90. The van der Waals surface area contributed by atoms with Gasteiger partial charge in [-0.1, -0.05) is 36.4 Å². The summed E-state index contributed by atoms with van der Waals surface area (Å²) >= 11 is 0. The largest absolute Gasteiger partial charge is 0.467 e. The van der Waals surface area contributed by atoms with Crippen LogP contribution in [-0.4, -0.2) is 25.3 Å². The Morgan fingerprint density at radius 1 is 1.38 bits per heavy atom. The molecule has 16 heavy (non-hydrogen) atoms. The first-order valence-corrected chi connectivity index (χ1v) is 5.06. The van der Waals surface area contributed by atoms with Crippen LogP contribution in [-0.2, 0) is 9.53 Å². The zero-order valence-corrected chi connectivity index (χ0v) is 9.46. The Labute approximate surface area is 95.5 Å². The third-order valence-electron chi connectivity index (χ3n) is 2.03. The maximum Gasteiger partial charge on any atom is 0.330 e. The molecule has 84 valence electrons. The fraction of sp³-hybridized carbons (Fsp3) is 0.231. The second-order valence-corrected chi connectivity index (χ2v) is 3.27. The van der Waals surface area contributed by atoms with Gasteiger partial charge in [0.05, 0.1) is 7.11 Å². The number of aliphatic imine (C=N–C) groups is 1. The number of nitrogens with zero attached hydrogens (tertiary/aromatic N) is 1. The molecular formula is C13H15NO2. The standard InChI is InChI=1S/C13H15NO2/c1-11(13(15)16-2)14-10-6-9-12-7-4-3-5-8-12/h3-11H,1-2H3. The van der Waals surface area contributed by atoms with Crippen molar-refractivity contribution in [2.24, 2.45) is 4.99 Å². The van der Waals surface area contributed by atoms with Crippen LogP contribution in [0.4, 0.5) is 0 Å². The van der Waals surface area contributed by atoms with E-state index in [1.165, 1.54) is 7.11 Å². The molecule has 0 bridgehead atoms. The minimum absolute atomic E-state index is 0.329. The van der Waals surface area contributed by atoms with E-state index in [9.17, 15) is 4.79 Å². The van der Waals surface area contributed by atoms with Crippen LogP contribution in [0.2, 0.25) is 0 Å². The molecule has 0 aliphatic rings. The molecule has 0 spiro atoms. The van der Waals surface area contributed by atoms with Gasteiger partial charge in [-0.05, 0) is 18.6 Å². The predicted octanol–water partition coefficient (Wildman–Crippen LogP) is 2.33. The summed E-state index contributed by atoms with van der Waals surface area (Å²) in [6.07, 6.45) is 5.33. The first-order chi connectivity index (χ1) is 7.74. The first kappa shape index (κ1) is 12.2. The van der Waals surface area contributed by atoms with Gasteiger partial charge in [0, 0.05) is 6.21 Å². The molecule has 0 amide bonds. The number of carbonyl (C=O) groups is 1. The summed E-state index contributed by atoms with van der Waals surface area (Å²) in [5.74, 6) is -0.329. The maximum absolute atomic E-state index is 11.0. The Bertz CT molecular complexity index is 382. The van der Waals surface area contributed by atoms with Gasteiger partial charge in [-0.25, -0.2) is 4.79 Å². The van der Waals surface area contributed by atoms with E-state index in [-0.39, 0.29) is 5.97 Å². The molecule has 1 aromatic rings. The molecule has 0 radical (unpaired) electrons. The lowest BCUT2D eigenvalue weighted by Gasteiger charge is -2.00. The first-order valence-electron chi connectivity index (χ1n) is 5.06. The summed E-state index contributed by atoms with van der Waals surface area (Å²) in [7, 11) is 1.36. The highest BCUT2D eigenvalue weighted by Gasteiger charge is 2.08. The molecule has 0 fully saturated rings. The van der Waals surface area contributed by atoms with Crippen LogP contribution in [0.3, 0.4) is 0 Å². The van der Waals surface area contributed by atoms with Gasteiger partial charge in [0.2, 0.25) is 0 Å². The highest BCUT2D eigenvalue weighted by molar-refractivity contribution is 5.82. The lowest BCUT2D eigenvalue weighted by molar-refractivity contribution is -0.141. The fourth-order valence-electron chi connectivity index (χ4n) is 1.13. The molecule has 3 nitrogen and oxygen atoms in total. The summed E-state index contributed by atoms with van der Waals surface area (Å²) in [6.45, 7) is 1.69. The van der Waals surface area contributed by atoms with Gasteiger partial charge in [0.15, 0.2) is 0 Å². The van der Waals surface area contributed by atoms with Crippen LogP contribution in [0.15, 0.2) is 41.4 Å². The van der Waals surface area contributed by atoms with E-state index in [1.807, 2.05) is 36.4 Å². The Kier molecular flexibility index (Phi) is 4.99. The molecule has 1 unspecified atom stereocenters. The molecule has 0 aliphatic heterocycles. The number of hydrogen-bond acceptors (Lipinski definition) is 3. The summed E-state index contributed by atoms with van der Waals surface area (Å²) in [5.41, 5.74) is 1.10. The third-order valence-corrected chi connectivity index (χ3v) is 2.03. The van der Waals surface area contributed by atoms with E-state index in [1.54, 1.807) is 19.2 Å². The van der Waals surface area contributed by atoms with Crippen molar-refractivity contribution in [2.75, 3.05) is 7.11 Å². The second kappa shape index (κ2) is 6.56. The van der Waals surface area contributed by atoms with Crippen LogP contribution >= 0.6 is 0 Å². The van der Waals surface area contributed by atoms with E-state index in [0.717, 1.165) is 5.56 Å². The van der Waals surface area contributed by atoms with Crippen LogP contribution < -0.4 is 0 Å². The van der Waals surface area contributed by atoms with Crippen molar-refractivity contribution in [2.45, 2.75) is 13.0 Å². The van der Waals surface area contributed by atoms with Crippen molar-refractivity contribution >= 4 is 18.3 Å². The fourth-order valence-corrected chi connectivity index (χ4v) is 1.13. The van der Waals surface area contributed by atoms with Gasteiger partial charge < -0.3 is 4.74 Å². The maximum atomic E-state index is 11.0. The van der Waals surface area contributed by atoms with Gasteiger partial charge in [0.1, 0.15) is 6.04 Å². The molecule has 0 N–H and O–H groups in total. The van der Waals surface area contributed by atoms with E-state index >= 15 is 0 Å². The zero-order valence-electron chi connectivity index (χ0n) is 9.46. The topological polar surface area (TPSA) is 38.7 Å². The monoisotopic (exact) mass is 217 g/mol. The molecule has 1 aromatic carbocycles. The summed E-state index contributed by atoms with van der Waals surface area (Å²) in [5, 5.41) is 0. The van der Waals surface area contributed by atoms with E-state index in [0.29, 0.717) is 0 Å². The van der Waals surface area contributed by atoms with E-state index < -0.39 is 6.04 Å². The summed E-state index contributed by atoms with van der Waals surface area (Å²) in [6, 6.07) is 9.43. The number of carbonyl (C=O) groups excluding carboxylic acids is 1. The SMILES string of the molecule is COC(=O)C(C)N=CC=Cc1ccccc1. The summed E-state index contributed by atoms with van der Waals surface area (Å²) < 4.78 is 4.55. The molecule has 3 heteroatoms. The quantitative estimate of drug-likeness (QED) is 0.573. The molecule has 0 heterocycles. The number of esters is 1. The Morgan fingerprint density at radius 3 is 2.69 bits per heavy atom. The van der Waals surface area contributed by atoms with E-state index in [2.05, 4.69) is 9.73 Å². The highest BCUT2D eigenvalue weighted by Crippen LogP contribution is 2.00. The average molecular weight is 217 g/mol. The van der Waals surface area contributed by atoms with Crippen molar-refractivity contribution < 1.29 is 9.53 Å². The normalized spacial score (nSPS) is 13.1. The average Bonchev–Trinajstić information content (AvgIpc) is 2.34. The van der Waals surface area contributed by atoms with Gasteiger partial charge in [0.25, 0.3) is 0 Å². The van der Waals surface area contributed by atoms with Crippen molar-refractivity contribution in [3.05, 3.63) is 42.0 Å². The van der Waals surface area contributed by atoms with Crippen LogP contribution in [0.5, 0.6) is 0 Å². The minimum Gasteiger partial charge on any atom is -0.467 e. The lowest BCUT2D eigenvalue weighted by atomic mass is 10.2. The smallest absolute Gasteiger partial charge is 0.330 e.